The van der Waals surface area contributed by atoms with E-state index in [0.717, 1.165) is 54.4 Å². The van der Waals surface area contributed by atoms with Gasteiger partial charge in [0.05, 0.1) is 18.6 Å². The zero-order valence-electron chi connectivity index (χ0n) is 22.4. The first-order valence-corrected chi connectivity index (χ1v) is 13.9. The zero-order chi connectivity index (χ0) is 26.8. The molecule has 0 saturated carbocycles. The SMILES string of the molecule is COCCN1C(=O)c2ccccc2C(C(=O)N2CCC(Cc3ccccc3)CC2)C1c1c[nH]c2ccccc12. The van der Waals surface area contributed by atoms with Gasteiger partial charge in [0.2, 0.25) is 5.91 Å². The molecule has 2 amide bonds. The van der Waals surface area contributed by atoms with E-state index >= 15 is 0 Å². The Morgan fingerprint density at radius 3 is 2.44 bits per heavy atom. The quantitative estimate of drug-likeness (QED) is 0.346. The Labute approximate surface area is 229 Å². The van der Waals surface area contributed by atoms with Gasteiger partial charge >= 0.3 is 0 Å². The van der Waals surface area contributed by atoms with E-state index in [2.05, 4.69) is 41.4 Å². The highest BCUT2D eigenvalue weighted by Gasteiger charge is 2.46. The Kier molecular flexibility index (Phi) is 7.20. The summed E-state index contributed by atoms with van der Waals surface area (Å²) in [7, 11) is 1.64. The van der Waals surface area contributed by atoms with Gasteiger partial charge in [-0.05, 0) is 48.4 Å². The monoisotopic (exact) mass is 521 g/mol. The van der Waals surface area contributed by atoms with Gasteiger partial charge in [0.1, 0.15) is 0 Å². The van der Waals surface area contributed by atoms with E-state index in [-0.39, 0.29) is 11.8 Å². The minimum absolute atomic E-state index is 0.0523. The lowest BCUT2D eigenvalue weighted by Crippen LogP contribution is -2.50. The van der Waals surface area contributed by atoms with Gasteiger partial charge in [-0.3, -0.25) is 9.59 Å². The third kappa shape index (κ3) is 4.85. The Morgan fingerprint density at radius 2 is 1.64 bits per heavy atom. The summed E-state index contributed by atoms with van der Waals surface area (Å²) in [6, 6.07) is 25.9. The standard InChI is InChI=1S/C33H35N3O3/c1-39-20-19-36-31(28-22-34-29-14-8-7-11-25(28)29)30(26-12-5-6-13-27(26)32(36)37)33(38)35-17-15-24(16-18-35)21-23-9-3-2-4-10-23/h2-14,22,24,30-31,34H,15-21H2,1H3. The molecule has 3 heterocycles. The summed E-state index contributed by atoms with van der Waals surface area (Å²) >= 11 is 0. The van der Waals surface area contributed by atoms with Crippen LogP contribution in [0.5, 0.6) is 0 Å². The van der Waals surface area contributed by atoms with Gasteiger partial charge in [0.25, 0.3) is 5.91 Å². The van der Waals surface area contributed by atoms with Crippen LogP contribution in [-0.2, 0) is 16.0 Å². The van der Waals surface area contributed by atoms with Crippen molar-refractivity contribution in [1.29, 1.82) is 0 Å². The number of piperidine rings is 1. The number of methoxy groups -OCH3 is 1. The summed E-state index contributed by atoms with van der Waals surface area (Å²) in [5.74, 6) is 0.134. The van der Waals surface area contributed by atoms with Crippen LogP contribution in [-0.4, -0.2) is 59.9 Å². The molecule has 2 atom stereocenters. The number of para-hydroxylation sites is 1. The van der Waals surface area contributed by atoms with Crippen molar-refractivity contribution in [2.75, 3.05) is 33.4 Å². The van der Waals surface area contributed by atoms with Gasteiger partial charge < -0.3 is 19.5 Å². The van der Waals surface area contributed by atoms with Crippen molar-refractivity contribution in [3.05, 3.63) is 107 Å². The van der Waals surface area contributed by atoms with Crippen molar-refractivity contribution in [2.24, 2.45) is 5.92 Å². The van der Waals surface area contributed by atoms with Crippen molar-refractivity contribution >= 4 is 22.7 Å². The third-order valence-electron chi connectivity index (χ3n) is 8.47. The number of carbonyl (C=O) groups is 2. The number of fused-ring (bicyclic) bond motifs is 2. The van der Waals surface area contributed by atoms with Crippen molar-refractivity contribution in [3.63, 3.8) is 0 Å². The summed E-state index contributed by atoms with van der Waals surface area (Å²) < 4.78 is 5.41. The lowest BCUT2D eigenvalue weighted by Gasteiger charge is -2.44. The largest absolute Gasteiger partial charge is 0.383 e. The van der Waals surface area contributed by atoms with Gasteiger partial charge in [-0.1, -0.05) is 66.7 Å². The number of carbonyl (C=O) groups excluding carboxylic acids is 2. The number of amides is 2. The average Bonchev–Trinajstić information content (AvgIpc) is 3.41. The summed E-state index contributed by atoms with van der Waals surface area (Å²) in [5.41, 5.74) is 4.76. The van der Waals surface area contributed by atoms with Gasteiger partial charge in [0, 0.05) is 55.0 Å². The molecule has 0 radical (unpaired) electrons. The topological polar surface area (TPSA) is 65.6 Å². The fourth-order valence-corrected chi connectivity index (χ4v) is 6.48. The number of H-pyrrole nitrogens is 1. The first-order chi connectivity index (χ1) is 19.2. The summed E-state index contributed by atoms with van der Waals surface area (Å²) in [4.78, 5) is 35.6. The number of nitrogens with zero attached hydrogens (tertiary/aromatic N) is 2. The number of rotatable bonds is 7. The second kappa shape index (κ2) is 11.1. The van der Waals surface area contributed by atoms with Crippen molar-refractivity contribution in [1.82, 2.24) is 14.8 Å². The Balaban J connectivity index is 1.35. The minimum atomic E-state index is -0.486. The van der Waals surface area contributed by atoms with Crippen molar-refractivity contribution in [3.8, 4) is 0 Å². The molecule has 6 nitrogen and oxygen atoms in total. The Bertz CT molecular complexity index is 1460. The molecule has 0 aliphatic carbocycles. The maximum Gasteiger partial charge on any atom is 0.254 e. The molecule has 39 heavy (non-hydrogen) atoms. The second-order valence-corrected chi connectivity index (χ2v) is 10.7. The van der Waals surface area contributed by atoms with Crippen LogP contribution >= 0.6 is 0 Å². The van der Waals surface area contributed by atoms with Crippen molar-refractivity contribution in [2.45, 2.75) is 31.2 Å². The average molecular weight is 522 g/mol. The van der Waals surface area contributed by atoms with E-state index < -0.39 is 12.0 Å². The summed E-state index contributed by atoms with van der Waals surface area (Å²) in [6.45, 7) is 2.29. The number of nitrogens with one attached hydrogen (secondary N) is 1. The van der Waals surface area contributed by atoms with Crippen LogP contribution in [0.3, 0.4) is 0 Å². The van der Waals surface area contributed by atoms with E-state index in [1.165, 1.54) is 5.56 Å². The van der Waals surface area contributed by atoms with Crippen LogP contribution in [0.1, 0.15) is 51.8 Å². The number of ether oxygens (including phenoxy) is 1. The molecule has 0 bridgehead atoms. The van der Waals surface area contributed by atoms with Gasteiger partial charge in [-0.25, -0.2) is 0 Å². The number of benzene rings is 3. The first-order valence-electron chi connectivity index (χ1n) is 13.9. The minimum Gasteiger partial charge on any atom is -0.383 e. The fraction of sp³-hybridized carbons (Fsp3) is 0.333. The molecular weight excluding hydrogens is 486 g/mol. The zero-order valence-corrected chi connectivity index (χ0v) is 22.4. The van der Waals surface area contributed by atoms with E-state index in [1.807, 2.05) is 58.5 Å². The molecule has 4 aromatic rings. The molecule has 3 aromatic carbocycles. The van der Waals surface area contributed by atoms with Crippen LogP contribution in [0.15, 0.2) is 85.1 Å². The van der Waals surface area contributed by atoms with Crippen LogP contribution in [0, 0.1) is 5.92 Å². The molecule has 6 heteroatoms. The third-order valence-corrected chi connectivity index (χ3v) is 8.47. The van der Waals surface area contributed by atoms with E-state index in [4.69, 9.17) is 4.74 Å². The fourth-order valence-electron chi connectivity index (χ4n) is 6.48. The first kappa shape index (κ1) is 25.4. The molecule has 6 rings (SSSR count). The number of likely N-dealkylation sites (tertiary alicyclic amines) is 1. The summed E-state index contributed by atoms with van der Waals surface area (Å²) in [5, 5.41) is 1.04. The van der Waals surface area contributed by atoms with Crippen LogP contribution < -0.4 is 0 Å². The van der Waals surface area contributed by atoms with Crippen molar-refractivity contribution < 1.29 is 14.3 Å². The molecule has 1 saturated heterocycles. The van der Waals surface area contributed by atoms with E-state index in [0.29, 0.717) is 24.6 Å². The molecule has 2 aliphatic heterocycles. The smallest absolute Gasteiger partial charge is 0.254 e. The number of aromatic nitrogens is 1. The van der Waals surface area contributed by atoms with Crippen LogP contribution in [0.2, 0.25) is 0 Å². The Hall–Kier alpha value is -3.90. The predicted octanol–water partition coefficient (Wildman–Crippen LogP) is 5.58. The molecule has 1 aromatic heterocycles. The second-order valence-electron chi connectivity index (χ2n) is 10.7. The van der Waals surface area contributed by atoms with Crippen LogP contribution in [0.25, 0.3) is 10.9 Å². The maximum atomic E-state index is 14.5. The number of hydrogen-bond donors (Lipinski definition) is 1. The Morgan fingerprint density at radius 1 is 0.923 bits per heavy atom. The predicted molar refractivity (Wildman–Crippen MR) is 153 cm³/mol. The van der Waals surface area contributed by atoms with Gasteiger partial charge in [0.15, 0.2) is 0 Å². The molecule has 2 aliphatic rings. The molecule has 200 valence electrons. The summed E-state index contributed by atoms with van der Waals surface area (Å²) in [6.07, 6.45) is 4.99. The van der Waals surface area contributed by atoms with E-state index in [1.54, 1.807) is 7.11 Å². The van der Waals surface area contributed by atoms with Crippen LogP contribution in [0.4, 0.5) is 0 Å². The molecule has 0 spiro atoms. The highest BCUT2D eigenvalue weighted by molar-refractivity contribution is 6.02. The highest BCUT2D eigenvalue weighted by Crippen LogP contribution is 2.46. The van der Waals surface area contributed by atoms with Gasteiger partial charge in [-0.2, -0.15) is 0 Å². The maximum absolute atomic E-state index is 14.5. The molecule has 1 fully saturated rings. The number of hydrogen-bond acceptors (Lipinski definition) is 3. The molecular formula is C33H35N3O3. The normalized spacial score (nSPS) is 19.9. The highest BCUT2D eigenvalue weighted by atomic mass is 16.5. The molecule has 2 unspecified atom stereocenters. The lowest BCUT2D eigenvalue weighted by molar-refractivity contribution is -0.136. The number of aromatic amines is 1. The lowest BCUT2D eigenvalue weighted by atomic mass is 9.78. The van der Waals surface area contributed by atoms with Gasteiger partial charge in [-0.15, -0.1) is 0 Å². The van der Waals surface area contributed by atoms with E-state index in [9.17, 15) is 9.59 Å². The molecule has 1 N–H and O–H groups in total.